The van der Waals surface area contributed by atoms with Crippen LogP contribution in [0.3, 0.4) is 0 Å². The molecule has 1 fully saturated rings. The van der Waals surface area contributed by atoms with Gasteiger partial charge < -0.3 is 5.32 Å². The molecule has 1 aliphatic heterocycles. The minimum absolute atomic E-state index is 0.235. The van der Waals surface area contributed by atoms with E-state index in [4.69, 9.17) is 4.99 Å². The Morgan fingerprint density at radius 2 is 2.05 bits per heavy atom. The molecule has 1 aromatic rings. The molecule has 0 bridgehead atoms. The van der Waals surface area contributed by atoms with Crippen molar-refractivity contribution in [2.24, 2.45) is 10.9 Å². The number of anilines is 1. The first-order valence-electron chi connectivity index (χ1n) is 8.28. The van der Waals surface area contributed by atoms with Crippen LogP contribution in [0.15, 0.2) is 29.3 Å². The number of hydrogen-bond donors (Lipinski definition) is 1. The van der Waals surface area contributed by atoms with Gasteiger partial charge in [-0.15, -0.1) is 0 Å². The van der Waals surface area contributed by atoms with E-state index in [9.17, 15) is 0 Å². The third kappa shape index (κ3) is 3.45. The van der Waals surface area contributed by atoms with Crippen LogP contribution < -0.4 is 5.32 Å². The van der Waals surface area contributed by atoms with Gasteiger partial charge in [0, 0.05) is 11.4 Å². The molecule has 1 N–H and O–H groups in total. The number of aliphatic imine (C=N–C) groups is 1. The highest BCUT2D eigenvalue weighted by Crippen LogP contribution is 2.41. The maximum atomic E-state index is 5.08. The van der Waals surface area contributed by atoms with Crippen molar-refractivity contribution in [1.29, 1.82) is 0 Å². The molecule has 0 unspecified atom stereocenters. The van der Waals surface area contributed by atoms with Crippen LogP contribution in [0.2, 0.25) is 0 Å². The molecule has 1 saturated carbocycles. The summed E-state index contributed by atoms with van der Waals surface area (Å²) in [7, 11) is 0. The standard InChI is InChI=1S/C18H26N2S/c1-3-6-15-7-4-5-8-16(15)19-17-20-18(13-21-17)11-9-14(2)10-12-18/h4-5,7-8,14H,3,6,9-13H2,1-2H3,(H,19,20). The lowest BCUT2D eigenvalue weighted by Crippen LogP contribution is -2.32. The lowest BCUT2D eigenvalue weighted by Gasteiger charge is -2.32. The van der Waals surface area contributed by atoms with E-state index in [1.54, 1.807) is 0 Å². The summed E-state index contributed by atoms with van der Waals surface area (Å²) >= 11 is 1.91. The smallest absolute Gasteiger partial charge is 0.161 e. The largest absolute Gasteiger partial charge is 0.335 e. The van der Waals surface area contributed by atoms with Gasteiger partial charge in [0.25, 0.3) is 0 Å². The zero-order valence-electron chi connectivity index (χ0n) is 13.2. The summed E-state index contributed by atoms with van der Waals surface area (Å²) in [5, 5.41) is 4.72. The topological polar surface area (TPSA) is 24.4 Å². The van der Waals surface area contributed by atoms with Gasteiger partial charge >= 0.3 is 0 Å². The van der Waals surface area contributed by atoms with Gasteiger partial charge in [0.15, 0.2) is 5.17 Å². The summed E-state index contributed by atoms with van der Waals surface area (Å²) in [6.45, 7) is 4.61. The Bertz CT molecular complexity index is 516. The molecular formula is C18H26N2S. The summed E-state index contributed by atoms with van der Waals surface area (Å²) < 4.78 is 0. The van der Waals surface area contributed by atoms with E-state index in [0.29, 0.717) is 0 Å². The van der Waals surface area contributed by atoms with Crippen molar-refractivity contribution in [2.75, 3.05) is 11.1 Å². The number of amidine groups is 1. The molecule has 2 aliphatic rings. The SMILES string of the molecule is CCCc1ccccc1NC1=NC2(CCC(C)CC2)CS1. The molecule has 1 heterocycles. The van der Waals surface area contributed by atoms with Gasteiger partial charge in [-0.05, 0) is 49.7 Å². The van der Waals surface area contributed by atoms with Gasteiger partial charge in [0.05, 0.1) is 5.54 Å². The predicted molar refractivity (Wildman–Crippen MR) is 94.3 cm³/mol. The van der Waals surface area contributed by atoms with Crippen LogP contribution in [0, 0.1) is 5.92 Å². The van der Waals surface area contributed by atoms with E-state index in [1.807, 2.05) is 11.8 Å². The minimum Gasteiger partial charge on any atom is -0.335 e. The molecule has 21 heavy (non-hydrogen) atoms. The van der Waals surface area contributed by atoms with Gasteiger partial charge in [-0.3, -0.25) is 4.99 Å². The molecule has 3 heteroatoms. The van der Waals surface area contributed by atoms with E-state index in [-0.39, 0.29) is 5.54 Å². The Kier molecular flexibility index (Phi) is 4.58. The summed E-state index contributed by atoms with van der Waals surface area (Å²) in [6, 6.07) is 8.65. The second-order valence-electron chi connectivity index (χ2n) is 6.64. The summed E-state index contributed by atoms with van der Waals surface area (Å²) in [5.74, 6) is 2.05. The van der Waals surface area contributed by atoms with E-state index in [2.05, 4.69) is 43.4 Å². The number of para-hydroxylation sites is 1. The van der Waals surface area contributed by atoms with Crippen LogP contribution in [0.5, 0.6) is 0 Å². The Labute approximate surface area is 132 Å². The highest BCUT2D eigenvalue weighted by molar-refractivity contribution is 8.14. The molecule has 1 aliphatic carbocycles. The molecule has 114 valence electrons. The molecule has 0 saturated heterocycles. The van der Waals surface area contributed by atoms with E-state index >= 15 is 0 Å². The number of nitrogens with zero attached hydrogens (tertiary/aromatic N) is 1. The number of thioether (sulfide) groups is 1. The maximum Gasteiger partial charge on any atom is 0.161 e. The van der Waals surface area contributed by atoms with Crippen LogP contribution in [0.25, 0.3) is 0 Å². The first kappa shape index (κ1) is 15.0. The number of hydrogen-bond acceptors (Lipinski definition) is 3. The fraction of sp³-hybridized carbons (Fsp3) is 0.611. The molecule has 0 radical (unpaired) electrons. The maximum absolute atomic E-state index is 5.08. The quantitative estimate of drug-likeness (QED) is 0.839. The van der Waals surface area contributed by atoms with Crippen LogP contribution >= 0.6 is 11.8 Å². The number of benzene rings is 1. The van der Waals surface area contributed by atoms with Gasteiger partial charge in [0.1, 0.15) is 0 Å². The Hall–Kier alpha value is -0.960. The molecule has 2 nitrogen and oxygen atoms in total. The van der Waals surface area contributed by atoms with Crippen molar-refractivity contribution < 1.29 is 0 Å². The molecule has 0 atom stereocenters. The second kappa shape index (κ2) is 6.43. The zero-order chi connectivity index (χ0) is 14.7. The Balaban J connectivity index is 1.71. The first-order chi connectivity index (χ1) is 10.2. The lowest BCUT2D eigenvalue weighted by atomic mass is 9.79. The first-order valence-corrected chi connectivity index (χ1v) is 9.27. The van der Waals surface area contributed by atoms with E-state index in [0.717, 1.165) is 23.3 Å². The van der Waals surface area contributed by atoms with Crippen LogP contribution in [0.1, 0.15) is 51.5 Å². The zero-order valence-corrected chi connectivity index (χ0v) is 14.0. The molecule has 3 rings (SSSR count). The van der Waals surface area contributed by atoms with Crippen molar-refractivity contribution in [2.45, 2.75) is 57.9 Å². The predicted octanol–water partition coefficient (Wildman–Crippen LogP) is 5.10. The van der Waals surface area contributed by atoms with Crippen LogP contribution in [-0.4, -0.2) is 16.5 Å². The minimum atomic E-state index is 0.235. The third-order valence-corrected chi connectivity index (χ3v) is 5.95. The monoisotopic (exact) mass is 302 g/mol. The Morgan fingerprint density at radius 3 is 2.81 bits per heavy atom. The highest BCUT2D eigenvalue weighted by atomic mass is 32.2. The average molecular weight is 302 g/mol. The number of rotatable bonds is 3. The normalized spacial score (nSPS) is 28.7. The average Bonchev–Trinajstić information content (AvgIpc) is 2.88. The van der Waals surface area contributed by atoms with Crippen LogP contribution in [0.4, 0.5) is 5.69 Å². The third-order valence-electron chi connectivity index (χ3n) is 4.80. The summed E-state index contributed by atoms with van der Waals surface area (Å²) in [5.41, 5.74) is 2.88. The number of aryl methyl sites for hydroxylation is 1. The van der Waals surface area contributed by atoms with Crippen molar-refractivity contribution in [1.82, 2.24) is 0 Å². The molecule has 1 spiro atoms. The fourth-order valence-electron chi connectivity index (χ4n) is 3.35. The van der Waals surface area contributed by atoms with Crippen molar-refractivity contribution in [3.05, 3.63) is 29.8 Å². The fourth-order valence-corrected chi connectivity index (χ4v) is 4.55. The van der Waals surface area contributed by atoms with Crippen molar-refractivity contribution in [3.63, 3.8) is 0 Å². The summed E-state index contributed by atoms with van der Waals surface area (Å²) in [4.78, 5) is 5.08. The molecule has 0 amide bonds. The lowest BCUT2D eigenvalue weighted by molar-refractivity contribution is 0.273. The highest BCUT2D eigenvalue weighted by Gasteiger charge is 2.38. The van der Waals surface area contributed by atoms with Gasteiger partial charge in [-0.2, -0.15) is 0 Å². The van der Waals surface area contributed by atoms with E-state index < -0.39 is 0 Å². The van der Waals surface area contributed by atoms with Crippen molar-refractivity contribution >= 4 is 22.6 Å². The second-order valence-corrected chi connectivity index (χ2v) is 7.61. The van der Waals surface area contributed by atoms with Crippen LogP contribution in [-0.2, 0) is 6.42 Å². The van der Waals surface area contributed by atoms with Gasteiger partial charge in [0.2, 0.25) is 0 Å². The number of nitrogens with one attached hydrogen (secondary N) is 1. The molecule has 1 aromatic carbocycles. The molecule has 0 aromatic heterocycles. The van der Waals surface area contributed by atoms with E-state index in [1.165, 1.54) is 43.4 Å². The Morgan fingerprint density at radius 1 is 1.29 bits per heavy atom. The van der Waals surface area contributed by atoms with Crippen molar-refractivity contribution in [3.8, 4) is 0 Å². The summed E-state index contributed by atoms with van der Waals surface area (Å²) in [6.07, 6.45) is 7.52. The van der Waals surface area contributed by atoms with Gasteiger partial charge in [-0.25, -0.2) is 0 Å². The molecular weight excluding hydrogens is 276 g/mol. The van der Waals surface area contributed by atoms with Gasteiger partial charge in [-0.1, -0.05) is 50.2 Å².